The summed E-state index contributed by atoms with van der Waals surface area (Å²) >= 11 is 0. The van der Waals surface area contributed by atoms with E-state index >= 15 is 0 Å². The second-order valence-electron chi connectivity index (χ2n) is 5.48. The first-order valence-corrected chi connectivity index (χ1v) is 7.75. The van der Waals surface area contributed by atoms with E-state index in [1.807, 2.05) is 0 Å². The largest absolute Gasteiger partial charge is 0.338 e. The molecule has 1 fully saturated rings. The smallest absolute Gasteiger partial charge is 0.225 e. The zero-order valence-corrected chi connectivity index (χ0v) is 12.2. The van der Waals surface area contributed by atoms with Crippen molar-refractivity contribution in [2.75, 3.05) is 13.1 Å². The molecule has 0 heterocycles. The molecular formula is C15H30N2O. The van der Waals surface area contributed by atoms with Gasteiger partial charge in [-0.15, -0.1) is 0 Å². The SMILES string of the molecule is CCC(CC)N(CCN)C(=O)C1CCCCCC1. The fraction of sp³-hybridized carbons (Fsp3) is 0.933. The minimum absolute atomic E-state index is 0.264. The van der Waals surface area contributed by atoms with Crippen LogP contribution in [0.1, 0.15) is 65.2 Å². The molecule has 2 N–H and O–H groups in total. The molecule has 0 aromatic rings. The van der Waals surface area contributed by atoms with Crippen LogP contribution in [0.25, 0.3) is 0 Å². The number of carbonyl (C=O) groups excluding carboxylic acids is 1. The zero-order valence-electron chi connectivity index (χ0n) is 12.2. The van der Waals surface area contributed by atoms with E-state index in [2.05, 4.69) is 18.7 Å². The van der Waals surface area contributed by atoms with Crippen molar-refractivity contribution in [2.24, 2.45) is 11.7 Å². The Labute approximate surface area is 112 Å². The van der Waals surface area contributed by atoms with Gasteiger partial charge < -0.3 is 10.6 Å². The Morgan fingerprint density at radius 1 is 1.17 bits per heavy atom. The summed E-state index contributed by atoms with van der Waals surface area (Å²) in [7, 11) is 0. The number of amides is 1. The van der Waals surface area contributed by atoms with Crippen LogP contribution in [0.5, 0.6) is 0 Å². The molecule has 1 saturated carbocycles. The molecule has 106 valence electrons. The minimum atomic E-state index is 0.264. The monoisotopic (exact) mass is 254 g/mol. The summed E-state index contributed by atoms with van der Waals surface area (Å²) in [6, 6.07) is 0.379. The predicted octanol–water partition coefficient (Wildman–Crippen LogP) is 2.93. The van der Waals surface area contributed by atoms with Crippen LogP contribution in [0.2, 0.25) is 0 Å². The van der Waals surface area contributed by atoms with E-state index in [1.54, 1.807) is 0 Å². The van der Waals surface area contributed by atoms with Gasteiger partial charge in [-0.25, -0.2) is 0 Å². The molecular weight excluding hydrogens is 224 g/mol. The van der Waals surface area contributed by atoms with Gasteiger partial charge in [0.15, 0.2) is 0 Å². The lowest BCUT2D eigenvalue weighted by molar-refractivity contribution is -0.138. The number of carbonyl (C=O) groups is 1. The highest BCUT2D eigenvalue weighted by atomic mass is 16.2. The first-order chi connectivity index (χ1) is 8.74. The van der Waals surface area contributed by atoms with E-state index in [-0.39, 0.29) is 5.92 Å². The van der Waals surface area contributed by atoms with Crippen LogP contribution in [0, 0.1) is 5.92 Å². The first-order valence-electron chi connectivity index (χ1n) is 7.75. The zero-order chi connectivity index (χ0) is 13.4. The maximum absolute atomic E-state index is 12.7. The van der Waals surface area contributed by atoms with E-state index in [4.69, 9.17) is 5.73 Å². The van der Waals surface area contributed by atoms with Crippen LogP contribution < -0.4 is 5.73 Å². The van der Waals surface area contributed by atoms with Crippen molar-refractivity contribution in [2.45, 2.75) is 71.3 Å². The highest BCUT2D eigenvalue weighted by Gasteiger charge is 2.27. The Morgan fingerprint density at radius 2 is 1.72 bits per heavy atom. The Kier molecular flexibility index (Phi) is 7.33. The normalized spacial score (nSPS) is 17.8. The summed E-state index contributed by atoms with van der Waals surface area (Å²) in [5.41, 5.74) is 5.68. The van der Waals surface area contributed by atoms with Gasteiger partial charge in [-0.1, -0.05) is 39.5 Å². The van der Waals surface area contributed by atoms with Crippen molar-refractivity contribution < 1.29 is 4.79 Å². The molecule has 0 radical (unpaired) electrons. The van der Waals surface area contributed by atoms with Gasteiger partial charge in [0.2, 0.25) is 5.91 Å². The number of hydrogen-bond acceptors (Lipinski definition) is 2. The summed E-state index contributed by atoms with van der Waals surface area (Å²) < 4.78 is 0. The molecule has 3 nitrogen and oxygen atoms in total. The van der Waals surface area contributed by atoms with Crippen LogP contribution in [0.3, 0.4) is 0 Å². The van der Waals surface area contributed by atoms with Crippen molar-refractivity contribution in [3.05, 3.63) is 0 Å². The Bertz CT molecular complexity index is 231. The van der Waals surface area contributed by atoms with Crippen molar-refractivity contribution in [1.82, 2.24) is 4.90 Å². The van der Waals surface area contributed by atoms with E-state index in [0.29, 0.717) is 18.5 Å². The number of hydrogen-bond donors (Lipinski definition) is 1. The van der Waals surface area contributed by atoms with Crippen molar-refractivity contribution in [3.8, 4) is 0 Å². The molecule has 0 unspecified atom stereocenters. The van der Waals surface area contributed by atoms with Crippen molar-refractivity contribution in [1.29, 1.82) is 0 Å². The van der Waals surface area contributed by atoms with Gasteiger partial charge in [-0.2, -0.15) is 0 Å². The number of nitrogens with two attached hydrogens (primary N) is 1. The van der Waals surface area contributed by atoms with Gasteiger partial charge in [-0.3, -0.25) is 4.79 Å². The van der Waals surface area contributed by atoms with E-state index in [1.165, 1.54) is 25.7 Å². The number of rotatable bonds is 6. The van der Waals surface area contributed by atoms with Gasteiger partial charge in [0.25, 0.3) is 0 Å². The second-order valence-corrected chi connectivity index (χ2v) is 5.48. The third kappa shape index (κ3) is 4.27. The molecule has 3 heteroatoms. The van der Waals surface area contributed by atoms with Gasteiger partial charge >= 0.3 is 0 Å². The Morgan fingerprint density at radius 3 is 2.17 bits per heavy atom. The molecule has 0 bridgehead atoms. The van der Waals surface area contributed by atoms with Gasteiger partial charge in [0.1, 0.15) is 0 Å². The first kappa shape index (κ1) is 15.5. The van der Waals surface area contributed by atoms with Gasteiger partial charge in [0.05, 0.1) is 0 Å². The fourth-order valence-electron chi connectivity index (χ4n) is 3.10. The molecule has 0 aromatic carbocycles. The Balaban J connectivity index is 2.67. The van der Waals surface area contributed by atoms with Gasteiger partial charge in [0, 0.05) is 25.0 Å². The standard InChI is InChI=1S/C15H30N2O/c1-3-14(4-2)17(12-11-16)15(18)13-9-7-5-6-8-10-13/h13-14H,3-12,16H2,1-2H3. The maximum Gasteiger partial charge on any atom is 0.225 e. The summed E-state index contributed by atoms with van der Waals surface area (Å²) in [6.45, 7) is 5.63. The minimum Gasteiger partial charge on any atom is -0.338 e. The molecule has 0 aliphatic heterocycles. The molecule has 0 spiro atoms. The molecule has 1 aliphatic carbocycles. The lowest BCUT2D eigenvalue weighted by Crippen LogP contribution is -2.45. The van der Waals surface area contributed by atoms with Crippen LogP contribution in [0.15, 0.2) is 0 Å². The van der Waals surface area contributed by atoms with Gasteiger partial charge in [-0.05, 0) is 25.7 Å². The summed E-state index contributed by atoms with van der Waals surface area (Å²) in [5, 5.41) is 0. The predicted molar refractivity (Wildman–Crippen MR) is 76.3 cm³/mol. The summed E-state index contributed by atoms with van der Waals surface area (Å²) in [6.07, 6.45) is 9.27. The van der Waals surface area contributed by atoms with Crippen LogP contribution in [-0.2, 0) is 4.79 Å². The lowest BCUT2D eigenvalue weighted by Gasteiger charge is -2.33. The van der Waals surface area contributed by atoms with Crippen LogP contribution in [0.4, 0.5) is 0 Å². The third-order valence-electron chi connectivity index (χ3n) is 4.24. The van der Waals surface area contributed by atoms with Crippen LogP contribution in [-0.4, -0.2) is 29.9 Å². The summed E-state index contributed by atoms with van der Waals surface area (Å²) in [5.74, 6) is 0.635. The highest BCUT2D eigenvalue weighted by molar-refractivity contribution is 5.79. The fourth-order valence-corrected chi connectivity index (χ4v) is 3.10. The molecule has 0 atom stereocenters. The molecule has 0 saturated heterocycles. The second kappa shape index (κ2) is 8.52. The van der Waals surface area contributed by atoms with E-state index in [0.717, 1.165) is 32.2 Å². The third-order valence-corrected chi connectivity index (χ3v) is 4.24. The average Bonchev–Trinajstić information content (AvgIpc) is 2.67. The summed E-state index contributed by atoms with van der Waals surface area (Å²) in [4.78, 5) is 14.7. The molecule has 1 amide bonds. The van der Waals surface area contributed by atoms with E-state index < -0.39 is 0 Å². The van der Waals surface area contributed by atoms with Crippen LogP contribution >= 0.6 is 0 Å². The number of nitrogens with zero attached hydrogens (tertiary/aromatic N) is 1. The molecule has 1 aliphatic rings. The Hall–Kier alpha value is -0.570. The van der Waals surface area contributed by atoms with Crippen molar-refractivity contribution in [3.63, 3.8) is 0 Å². The molecule has 18 heavy (non-hydrogen) atoms. The molecule has 1 rings (SSSR count). The lowest BCUT2D eigenvalue weighted by atomic mass is 9.97. The maximum atomic E-state index is 12.7. The van der Waals surface area contributed by atoms with E-state index in [9.17, 15) is 4.79 Å². The quantitative estimate of drug-likeness (QED) is 0.741. The van der Waals surface area contributed by atoms with Crippen molar-refractivity contribution >= 4 is 5.91 Å². The molecule has 0 aromatic heterocycles. The topological polar surface area (TPSA) is 46.3 Å². The average molecular weight is 254 g/mol. The highest BCUT2D eigenvalue weighted by Crippen LogP contribution is 2.26.